The van der Waals surface area contributed by atoms with Gasteiger partial charge in [0.2, 0.25) is 0 Å². The van der Waals surface area contributed by atoms with Crippen molar-refractivity contribution in [1.82, 2.24) is 15.6 Å². The summed E-state index contributed by atoms with van der Waals surface area (Å²) in [5, 5.41) is 8.56. The van der Waals surface area contributed by atoms with Crippen LogP contribution in [0.15, 0.2) is 40.4 Å². The number of aryl methyl sites for hydroxylation is 1. The van der Waals surface area contributed by atoms with Gasteiger partial charge in [0.1, 0.15) is 0 Å². The quantitative estimate of drug-likeness (QED) is 0.339. The maximum Gasteiger partial charge on any atom is 0.191 e. The van der Waals surface area contributed by atoms with Crippen LogP contribution in [0.5, 0.6) is 0 Å². The molecule has 0 saturated carbocycles. The highest BCUT2D eigenvalue weighted by molar-refractivity contribution is 7.99. The summed E-state index contributed by atoms with van der Waals surface area (Å²) < 4.78 is 0. The molecule has 4 nitrogen and oxygen atoms in total. The van der Waals surface area contributed by atoms with E-state index in [0.29, 0.717) is 0 Å². The fraction of sp³-hybridized carbons (Fsp3) is 0.375. The molecule has 0 saturated heterocycles. The van der Waals surface area contributed by atoms with E-state index in [1.807, 2.05) is 30.5 Å². The maximum atomic E-state index is 5.88. The summed E-state index contributed by atoms with van der Waals surface area (Å²) in [6, 6.07) is 7.91. The Bertz CT molecular complexity index is 625. The number of nitrogens with one attached hydrogen (secondary N) is 2. The van der Waals surface area contributed by atoms with Gasteiger partial charge in [0.25, 0.3) is 0 Å². The minimum absolute atomic E-state index is 0.771. The van der Waals surface area contributed by atoms with Crippen molar-refractivity contribution in [3.63, 3.8) is 0 Å². The van der Waals surface area contributed by atoms with Gasteiger partial charge in [-0.05, 0) is 31.2 Å². The van der Waals surface area contributed by atoms with Gasteiger partial charge in [0.15, 0.2) is 5.96 Å². The normalized spacial score (nSPS) is 11.5. The molecule has 0 fully saturated rings. The lowest BCUT2D eigenvalue weighted by atomic mass is 10.4. The second kappa shape index (κ2) is 9.80. The average molecular weight is 369 g/mol. The summed E-state index contributed by atoms with van der Waals surface area (Å²) in [6.07, 6.45) is 2.83. The Labute approximate surface area is 150 Å². The van der Waals surface area contributed by atoms with Gasteiger partial charge in [-0.2, -0.15) is 0 Å². The summed E-state index contributed by atoms with van der Waals surface area (Å²) in [4.78, 5) is 11.1. The number of hydrogen-bond donors (Lipinski definition) is 2. The molecule has 2 rings (SSSR count). The van der Waals surface area contributed by atoms with Crippen molar-refractivity contribution in [1.29, 1.82) is 0 Å². The Morgan fingerprint density at radius 2 is 2.00 bits per heavy atom. The predicted molar refractivity (Wildman–Crippen MR) is 102 cm³/mol. The molecular weight excluding hydrogens is 348 g/mol. The zero-order chi connectivity index (χ0) is 16.5. The fourth-order valence-corrected chi connectivity index (χ4v) is 3.58. The van der Waals surface area contributed by atoms with E-state index < -0.39 is 0 Å². The summed E-state index contributed by atoms with van der Waals surface area (Å²) in [5.41, 5.74) is 0. The highest BCUT2D eigenvalue weighted by Crippen LogP contribution is 2.19. The Morgan fingerprint density at radius 1 is 1.26 bits per heavy atom. The number of rotatable bonds is 7. The van der Waals surface area contributed by atoms with Gasteiger partial charge in [-0.1, -0.05) is 11.6 Å². The third kappa shape index (κ3) is 6.81. The van der Waals surface area contributed by atoms with Crippen LogP contribution in [0.25, 0.3) is 0 Å². The van der Waals surface area contributed by atoms with Crippen LogP contribution in [-0.4, -0.2) is 36.8 Å². The highest BCUT2D eigenvalue weighted by Gasteiger charge is 2.01. The molecule has 1 aromatic heterocycles. The van der Waals surface area contributed by atoms with Crippen LogP contribution >= 0.6 is 34.7 Å². The molecule has 0 aliphatic heterocycles. The largest absolute Gasteiger partial charge is 0.356 e. The Balaban J connectivity index is 1.62. The minimum atomic E-state index is 0.771. The van der Waals surface area contributed by atoms with Crippen molar-refractivity contribution in [3.05, 3.63) is 45.4 Å². The number of hydrogen-bond acceptors (Lipinski definition) is 4. The number of aromatic nitrogens is 1. The molecule has 124 valence electrons. The van der Waals surface area contributed by atoms with Gasteiger partial charge in [-0.3, -0.25) is 4.99 Å². The second-order valence-corrected chi connectivity index (χ2v) is 7.77. The SMILES string of the molecule is CN=C(NCCSc1ccc(Cl)cc1)NCCc1ncc(C)s1. The number of halogens is 1. The van der Waals surface area contributed by atoms with Gasteiger partial charge < -0.3 is 10.6 Å². The van der Waals surface area contributed by atoms with Crippen LogP contribution in [0.3, 0.4) is 0 Å². The van der Waals surface area contributed by atoms with Gasteiger partial charge >= 0.3 is 0 Å². The number of aliphatic imine (C=N–C) groups is 1. The molecule has 1 heterocycles. The van der Waals surface area contributed by atoms with Gasteiger partial charge in [0.05, 0.1) is 5.01 Å². The van der Waals surface area contributed by atoms with Gasteiger partial charge in [-0.15, -0.1) is 23.1 Å². The van der Waals surface area contributed by atoms with Crippen LogP contribution in [0.1, 0.15) is 9.88 Å². The topological polar surface area (TPSA) is 49.3 Å². The van der Waals surface area contributed by atoms with Crippen molar-refractivity contribution in [2.24, 2.45) is 4.99 Å². The fourth-order valence-electron chi connectivity index (χ4n) is 1.89. The summed E-state index contributed by atoms with van der Waals surface area (Å²) in [5.74, 6) is 1.79. The van der Waals surface area contributed by atoms with Crippen molar-refractivity contribution >= 4 is 40.7 Å². The molecule has 0 aliphatic rings. The summed E-state index contributed by atoms with van der Waals surface area (Å²) in [7, 11) is 1.79. The molecule has 1 aromatic carbocycles. The zero-order valence-electron chi connectivity index (χ0n) is 13.3. The van der Waals surface area contributed by atoms with Crippen molar-refractivity contribution in [3.8, 4) is 0 Å². The van der Waals surface area contributed by atoms with Crippen LogP contribution in [0.2, 0.25) is 5.02 Å². The Morgan fingerprint density at radius 3 is 2.65 bits per heavy atom. The zero-order valence-corrected chi connectivity index (χ0v) is 15.7. The van der Waals surface area contributed by atoms with E-state index in [9.17, 15) is 0 Å². The van der Waals surface area contributed by atoms with Crippen molar-refractivity contribution in [2.45, 2.75) is 18.2 Å². The van der Waals surface area contributed by atoms with E-state index in [4.69, 9.17) is 11.6 Å². The molecule has 0 unspecified atom stereocenters. The first kappa shape index (κ1) is 18.1. The Hall–Kier alpha value is -1.24. The molecule has 0 amide bonds. The van der Waals surface area contributed by atoms with Crippen LogP contribution in [-0.2, 0) is 6.42 Å². The lowest BCUT2D eigenvalue weighted by molar-refractivity contribution is 0.808. The van der Waals surface area contributed by atoms with Crippen LogP contribution in [0, 0.1) is 6.92 Å². The van der Waals surface area contributed by atoms with Crippen LogP contribution < -0.4 is 10.6 Å². The van der Waals surface area contributed by atoms with Gasteiger partial charge in [0, 0.05) is 53.3 Å². The van der Waals surface area contributed by atoms with Crippen molar-refractivity contribution in [2.75, 3.05) is 25.9 Å². The Kier molecular flexibility index (Phi) is 7.71. The van der Waals surface area contributed by atoms with E-state index in [0.717, 1.165) is 41.3 Å². The van der Waals surface area contributed by atoms with E-state index in [1.165, 1.54) is 9.77 Å². The molecule has 0 spiro atoms. The van der Waals surface area contributed by atoms with E-state index in [1.54, 1.807) is 30.1 Å². The molecule has 0 bridgehead atoms. The summed E-state index contributed by atoms with van der Waals surface area (Å²) in [6.45, 7) is 3.76. The summed E-state index contributed by atoms with van der Waals surface area (Å²) >= 11 is 9.41. The van der Waals surface area contributed by atoms with E-state index in [-0.39, 0.29) is 0 Å². The van der Waals surface area contributed by atoms with Gasteiger partial charge in [-0.25, -0.2) is 4.98 Å². The number of guanidine groups is 1. The molecule has 2 aromatic rings. The predicted octanol–water partition coefficient (Wildman–Crippen LogP) is 3.60. The molecular formula is C16H21ClN4S2. The first-order chi connectivity index (χ1) is 11.2. The third-order valence-corrected chi connectivity index (χ3v) is 5.24. The highest BCUT2D eigenvalue weighted by atomic mass is 35.5. The first-order valence-electron chi connectivity index (χ1n) is 7.41. The molecule has 2 N–H and O–H groups in total. The average Bonchev–Trinajstić information content (AvgIpc) is 2.97. The number of thiazole rings is 1. The monoisotopic (exact) mass is 368 g/mol. The van der Waals surface area contributed by atoms with E-state index >= 15 is 0 Å². The molecule has 0 radical (unpaired) electrons. The number of nitrogens with zero attached hydrogens (tertiary/aromatic N) is 2. The smallest absolute Gasteiger partial charge is 0.191 e. The lowest BCUT2D eigenvalue weighted by Gasteiger charge is -2.11. The molecule has 0 aliphatic carbocycles. The molecule has 23 heavy (non-hydrogen) atoms. The molecule has 0 atom stereocenters. The van der Waals surface area contributed by atoms with Crippen LogP contribution in [0.4, 0.5) is 0 Å². The van der Waals surface area contributed by atoms with E-state index in [2.05, 4.69) is 27.5 Å². The standard InChI is InChI=1S/C16H21ClN4S2/c1-12-11-21-15(23-12)7-8-19-16(18-2)20-9-10-22-14-5-3-13(17)4-6-14/h3-6,11H,7-10H2,1-2H3,(H2,18,19,20). The molecule has 7 heteroatoms. The second-order valence-electron chi connectivity index (χ2n) is 4.84. The third-order valence-electron chi connectivity index (χ3n) is 3.00. The number of benzene rings is 1. The first-order valence-corrected chi connectivity index (χ1v) is 9.59. The maximum absolute atomic E-state index is 5.88. The lowest BCUT2D eigenvalue weighted by Crippen LogP contribution is -2.39. The number of thioether (sulfide) groups is 1. The minimum Gasteiger partial charge on any atom is -0.356 e. The van der Waals surface area contributed by atoms with Crippen molar-refractivity contribution < 1.29 is 0 Å².